The van der Waals surface area contributed by atoms with Crippen LogP contribution in [0.25, 0.3) is 0 Å². The molecule has 1 amide bonds. The number of likely N-dealkylation sites (tertiary alicyclic amines) is 2. The Hall–Kier alpha value is -1.30. The van der Waals surface area contributed by atoms with E-state index in [9.17, 15) is 4.79 Å². The average Bonchev–Trinajstić information content (AvgIpc) is 3.08. The highest BCUT2D eigenvalue weighted by Gasteiger charge is 2.26. The van der Waals surface area contributed by atoms with Gasteiger partial charge in [-0.2, -0.15) is 0 Å². The maximum Gasteiger partial charge on any atom is 0.222 e. The zero-order valence-electron chi connectivity index (χ0n) is 16.6. The second kappa shape index (κ2) is 10.00. The van der Waals surface area contributed by atoms with Crippen molar-refractivity contribution in [3.05, 3.63) is 0 Å². The summed E-state index contributed by atoms with van der Waals surface area (Å²) in [5, 5.41) is 6.89. The first-order chi connectivity index (χ1) is 12.0. The monoisotopic (exact) mass is 351 g/mol. The van der Waals surface area contributed by atoms with E-state index in [0.717, 1.165) is 45.1 Å². The summed E-state index contributed by atoms with van der Waals surface area (Å²) in [5.41, 5.74) is 0. The van der Waals surface area contributed by atoms with Crippen molar-refractivity contribution in [1.82, 2.24) is 20.4 Å². The summed E-state index contributed by atoms with van der Waals surface area (Å²) in [4.78, 5) is 21.2. The van der Waals surface area contributed by atoms with E-state index >= 15 is 0 Å². The summed E-state index contributed by atoms with van der Waals surface area (Å²) in [6.45, 7) is 14.3. The summed E-state index contributed by atoms with van der Waals surface area (Å²) >= 11 is 0. The van der Waals surface area contributed by atoms with E-state index in [0.29, 0.717) is 24.4 Å². The number of rotatable bonds is 6. The van der Waals surface area contributed by atoms with Crippen LogP contribution in [0.2, 0.25) is 0 Å². The van der Waals surface area contributed by atoms with Crippen LogP contribution in [-0.4, -0.2) is 73.0 Å². The van der Waals surface area contributed by atoms with Gasteiger partial charge in [-0.25, -0.2) is 0 Å². The Balaban J connectivity index is 1.85. The maximum absolute atomic E-state index is 11.8. The van der Waals surface area contributed by atoms with E-state index in [1.807, 2.05) is 11.8 Å². The molecule has 0 aliphatic carbocycles. The van der Waals surface area contributed by atoms with Crippen molar-refractivity contribution in [2.45, 2.75) is 65.5 Å². The number of amides is 1. The molecule has 2 N–H and O–H groups in total. The summed E-state index contributed by atoms with van der Waals surface area (Å²) in [6.07, 6.45) is 4.14. The second-order valence-corrected chi connectivity index (χ2v) is 7.64. The first-order valence-corrected chi connectivity index (χ1v) is 10.1. The van der Waals surface area contributed by atoms with Crippen molar-refractivity contribution < 1.29 is 4.79 Å². The number of aliphatic imine (C=N–C) groups is 1. The molecule has 0 aromatic rings. The molecule has 2 saturated heterocycles. The largest absolute Gasteiger partial charge is 0.357 e. The second-order valence-electron chi connectivity index (χ2n) is 7.64. The van der Waals surface area contributed by atoms with Crippen LogP contribution in [0.5, 0.6) is 0 Å². The zero-order chi connectivity index (χ0) is 18.2. The molecule has 2 atom stereocenters. The van der Waals surface area contributed by atoms with Gasteiger partial charge in [0.25, 0.3) is 0 Å². The molecule has 2 heterocycles. The van der Waals surface area contributed by atoms with Gasteiger partial charge in [0.15, 0.2) is 5.96 Å². The molecule has 0 aromatic carbocycles. The van der Waals surface area contributed by atoms with Gasteiger partial charge < -0.3 is 20.4 Å². The summed E-state index contributed by atoms with van der Waals surface area (Å²) in [7, 11) is 0. The van der Waals surface area contributed by atoms with Crippen LogP contribution in [0.1, 0.15) is 53.4 Å². The number of guanidine groups is 1. The van der Waals surface area contributed by atoms with Crippen LogP contribution >= 0.6 is 0 Å². The summed E-state index contributed by atoms with van der Waals surface area (Å²) in [5.74, 6) is 1.80. The lowest BCUT2D eigenvalue weighted by Crippen LogP contribution is -2.46. The van der Waals surface area contributed by atoms with Crippen molar-refractivity contribution >= 4 is 11.9 Å². The molecule has 144 valence electrons. The minimum Gasteiger partial charge on any atom is -0.357 e. The Morgan fingerprint density at radius 2 is 2.00 bits per heavy atom. The Bertz CT molecular complexity index is 451. The Morgan fingerprint density at radius 1 is 1.20 bits per heavy atom. The molecule has 2 aliphatic heterocycles. The van der Waals surface area contributed by atoms with Crippen LogP contribution in [0.15, 0.2) is 4.99 Å². The smallest absolute Gasteiger partial charge is 0.222 e. The molecule has 2 rings (SSSR count). The minimum absolute atomic E-state index is 0.252. The lowest BCUT2D eigenvalue weighted by Gasteiger charge is -2.34. The predicted octanol–water partition coefficient (Wildman–Crippen LogP) is 1.67. The van der Waals surface area contributed by atoms with Gasteiger partial charge in [0.05, 0.1) is 0 Å². The molecule has 0 spiro atoms. The number of piperidine rings is 1. The maximum atomic E-state index is 11.8. The van der Waals surface area contributed by atoms with Crippen LogP contribution in [0.4, 0.5) is 0 Å². The van der Waals surface area contributed by atoms with E-state index in [4.69, 9.17) is 4.99 Å². The highest BCUT2D eigenvalue weighted by molar-refractivity contribution is 5.80. The van der Waals surface area contributed by atoms with Gasteiger partial charge in [-0.3, -0.25) is 9.79 Å². The number of nitrogens with zero attached hydrogens (tertiary/aromatic N) is 3. The molecule has 2 unspecified atom stereocenters. The Labute approximate surface area is 153 Å². The normalized spacial score (nSPS) is 25.5. The molecule has 6 heteroatoms. The highest BCUT2D eigenvalue weighted by atomic mass is 16.2. The molecule has 0 radical (unpaired) electrons. The zero-order valence-corrected chi connectivity index (χ0v) is 16.6. The fourth-order valence-electron chi connectivity index (χ4n) is 3.78. The summed E-state index contributed by atoms with van der Waals surface area (Å²) in [6, 6.07) is 0.936. The third kappa shape index (κ3) is 6.17. The lowest BCUT2D eigenvalue weighted by molar-refractivity contribution is -0.129. The first kappa shape index (κ1) is 20.0. The molecular formula is C19H37N5O. The molecule has 25 heavy (non-hydrogen) atoms. The average molecular weight is 352 g/mol. The van der Waals surface area contributed by atoms with Crippen LogP contribution in [0, 0.1) is 5.92 Å². The fourth-order valence-corrected chi connectivity index (χ4v) is 3.78. The number of hydrogen-bond donors (Lipinski definition) is 2. The van der Waals surface area contributed by atoms with Gasteiger partial charge in [-0.15, -0.1) is 0 Å². The molecule has 0 saturated carbocycles. The van der Waals surface area contributed by atoms with E-state index in [-0.39, 0.29) is 5.91 Å². The molecule has 0 aromatic heterocycles. The van der Waals surface area contributed by atoms with Crippen LogP contribution < -0.4 is 10.6 Å². The van der Waals surface area contributed by atoms with Crippen LogP contribution in [0.3, 0.4) is 0 Å². The molecular weight excluding hydrogens is 314 g/mol. The van der Waals surface area contributed by atoms with Gasteiger partial charge in [-0.05, 0) is 52.5 Å². The van der Waals surface area contributed by atoms with Crippen molar-refractivity contribution in [3.8, 4) is 0 Å². The highest BCUT2D eigenvalue weighted by Crippen LogP contribution is 2.18. The quantitative estimate of drug-likeness (QED) is 0.565. The van der Waals surface area contributed by atoms with Gasteiger partial charge >= 0.3 is 0 Å². The van der Waals surface area contributed by atoms with Crippen LogP contribution in [-0.2, 0) is 4.79 Å². The third-order valence-corrected chi connectivity index (χ3v) is 5.32. The number of carbonyl (C=O) groups excluding carboxylic acids is 1. The molecule has 0 bridgehead atoms. The molecule has 2 fully saturated rings. The topological polar surface area (TPSA) is 60.0 Å². The van der Waals surface area contributed by atoms with E-state index < -0.39 is 0 Å². The first-order valence-electron chi connectivity index (χ1n) is 10.1. The van der Waals surface area contributed by atoms with Crippen molar-refractivity contribution in [2.75, 3.05) is 39.3 Å². The summed E-state index contributed by atoms with van der Waals surface area (Å²) < 4.78 is 0. The van der Waals surface area contributed by atoms with E-state index in [1.54, 1.807) is 0 Å². The SMILES string of the molecule is CCNC(=NCC1CCCN(C(C)C)C1)NC1CCN(C(=O)CC)C1. The minimum atomic E-state index is 0.252. The molecule has 6 nitrogen and oxygen atoms in total. The number of nitrogens with one attached hydrogen (secondary N) is 2. The van der Waals surface area contributed by atoms with Crippen molar-refractivity contribution in [2.24, 2.45) is 10.9 Å². The van der Waals surface area contributed by atoms with Crippen molar-refractivity contribution in [1.29, 1.82) is 0 Å². The Kier molecular flexibility index (Phi) is 8.00. The number of hydrogen-bond acceptors (Lipinski definition) is 3. The number of carbonyl (C=O) groups is 1. The third-order valence-electron chi connectivity index (χ3n) is 5.32. The van der Waals surface area contributed by atoms with Crippen molar-refractivity contribution in [3.63, 3.8) is 0 Å². The van der Waals surface area contributed by atoms with Gasteiger partial charge in [0.2, 0.25) is 5.91 Å². The predicted molar refractivity (Wildman–Crippen MR) is 104 cm³/mol. The Morgan fingerprint density at radius 3 is 2.68 bits per heavy atom. The lowest BCUT2D eigenvalue weighted by atomic mass is 9.97. The van der Waals surface area contributed by atoms with Gasteiger partial charge in [0.1, 0.15) is 0 Å². The van der Waals surface area contributed by atoms with Gasteiger partial charge in [-0.1, -0.05) is 6.92 Å². The standard InChI is InChI=1S/C19H37N5O/c1-5-18(25)24-11-9-17(14-24)22-19(20-6-2)21-12-16-8-7-10-23(13-16)15(3)4/h15-17H,5-14H2,1-4H3,(H2,20,21,22). The molecule has 2 aliphatic rings. The fraction of sp³-hybridized carbons (Fsp3) is 0.895. The van der Waals surface area contributed by atoms with E-state index in [2.05, 4.69) is 36.3 Å². The van der Waals surface area contributed by atoms with E-state index in [1.165, 1.54) is 19.4 Å². The van der Waals surface area contributed by atoms with Gasteiger partial charge in [0, 0.05) is 51.2 Å².